The van der Waals surface area contributed by atoms with E-state index in [-0.39, 0.29) is 7.92 Å². The molecular formula is C42H52P2. The zero-order chi connectivity index (χ0) is 29.5. The van der Waals surface area contributed by atoms with Crippen molar-refractivity contribution in [3.63, 3.8) is 0 Å². The molecule has 0 aromatic heterocycles. The van der Waals surface area contributed by atoms with Crippen LogP contribution in [-0.2, 0) is 12.3 Å². The van der Waals surface area contributed by atoms with E-state index in [9.17, 15) is 0 Å². The van der Waals surface area contributed by atoms with E-state index in [1.165, 1.54) is 23.5 Å². The Balaban J connectivity index is 1.12. The Bertz CT molecular complexity index is 1370. The van der Waals surface area contributed by atoms with E-state index in [4.69, 9.17) is 0 Å². The zero-order valence-corrected chi connectivity index (χ0v) is 29.0. The van der Waals surface area contributed by atoms with Crippen LogP contribution in [0.4, 0.5) is 0 Å². The molecule has 0 unspecified atom stereocenters. The van der Waals surface area contributed by atoms with Gasteiger partial charge in [0.15, 0.2) is 0 Å². The molecule has 44 heavy (non-hydrogen) atoms. The lowest BCUT2D eigenvalue weighted by molar-refractivity contribution is 0.0184. The Morgan fingerprint density at radius 1 is 0.477 bits per heavy atom. The summed E-state index contributed by atoms with van der Waals surface area (Å²) in [4.78, 5) is 0. The maximum atomic E-state index is 2.61. The van der Waals surface area contributed by atoms with Crippen molar-refractivity contribution in [2.75, 3.05) is 0 Å². The van der Waals surface area contributed by atoms with Gasteiger partial charge in [0.25, 0.3) is 0 Å². The molecule has 8 aliphatic rings. The molecule has 8 saturated carbocycles. The molecule has 0 atom stereocenters. The first kappa shape index (κ1) is 28.7. The van der Waals surface area contributed by atoms with Crippen LogP contribution in [0.5, 0.6) is 0 Å². The highest BCUT2D eigenvalue weighted by atomic mass is 31.1. The van der Waals surface area contributed by atoms with Gasteiger partial charge in [-0.3, -0.25) is 0 Å². The van der Waals surface area contributed by atoms with Crippen molar-refractivity contribution >= 4 is 26.5 Å². The van der Waals surface area contributed by atoms with Crippen LogP contribution >= 0.6 is 15.8 Å². The monoisotopic (exact) mass is 618 g/mol. The minimum atomic E-state index is -0.457. The lowest BCUT2D eigenvalue weighted by atomic mass is 9.55. The molecule has 11 rings (SSSR count). The summed E-state index contributed by atoms with van der Waals surface area (Å²) in [5, 5.41) is 4.55. The number of rotatable bonds is 8. The van der Waals surface area contributed by atoms with Crippen molar-refractivity contribution < 1.29 is 0 Å². The molecule has 230 valence electrons. The van der Waals surface area contributed by atoms with Crippen LogP contribution < -0.4 is 10.6 Å². The fourth-order valence-corrected chi connectivity index (χ4v) is 20.8. The summed E-state index contributed by atoms with van der Waals surface area (Å²) in [6.07, 6.45) is 21.7. The standard InChI is InChI=1S/C42H52P2/c1-29-9-3-7-13-39(29)43(40-14-8-4-10-30(40)2)27-37-11-5-6-12-38(37)28-44(41-21-31-15-32(22-41)17-33(16-31)23-41)42-24-34-18-35(25-42)20-36(19-34)26-42/h3-14,31-36H,15-28H2,1-2H3. The molecule has 0 N–H and O–H groups in total. The summed E-state index contributed by atoms with van der Waals surface area (Å²) < 4.78 is 0. The van der Waals surface area contributed by atoms with Gasteiger partial charge in [-0.1, -0.05) is 80.7 Å². The largest absolute Gasteiger partial charge is 0.0894 e. The highest BCUT2D eigenvalue weighted by Gasteiger charge is 2.62. The molecular weight excluding hydrogens is 566 g/mol. The molecule has 8 fully saturated rings. The van der Waals surface area contributed by atoms with Gasteiger partial charge in [0, 0.05) is 6.16 Å². The van der Waals surface area contributed by atoms with E-state index in [1.54, 1.807) is 98.8 Å². The normalized spacial score (nSPS) is 37.2. The SMILES string of the molecule is Cc1ccccc1P(Cc1ccccc1CP(C12CC3CC(CC(C3)C1)C2)C12CC3CC(CC(C3)C1)C2)c1ccccc1C. The van der Waals surface area contributed by atoms with Crippen molar-refractivity contribution in [3.8, 4) is 0 Å². The fraction of sp³-hybridized carbons (Fsp3) is 0.571. The molecule has 3 aromatic rings. The molecule has 0 saturated heterocycles. The molecule has 2 heteroatoms. The average molecular weight is 619 g/mol. The third-order valence-corrected chi connectivity index (χ3v) is 20.6. The van der Waals surface area contributed by atoms with Gasteiger partial charge in [0.05, 0.1) is 0 Å². The molecule has 8 bridgehead atoms. The number of benzene rings is 3. The van der Waals surface area contributed by atoms with Crippen LogP contribution in [0.2, 0.25) is 0 Å². The molecule has 0 amide bonds. The van der Waals surface area contributed by atoms with Crippen molar-refractivity contribution in [2.24, 2.45) is 35.5 Å². The van der Waals surface area contributed by atoms with Gasteiger partial charge >= 0.3 is 0 Å². The Kier molecular flexibility index (Phi) is 7.22. The third-order valence-electron chi connectivity index (χ3n) is 13.7. The molecule has 0 radical (unpaired) electrons. The van der Waals surface area contributed by atoms with Gasteiger partial charge in [0.1, 0.15) is 0 Å². The second-order valence-electron chi connectivity index (χ2n) is 16.8. The Labute approximate surface area is 269 Å². The van der Waals surface area contributed by atoms with Gasteiger partial charge in [-0.2, -0.15) is 0 Å². The maximum Gasteiger partial charge on any atom is 0.00105 e. The minimum Gasteiger partial charge on any atom is -0.0894 e. The third kappa shape index (κ3) is 4.91. The van der Waals surface area contributed by atoms with Gasteiger partial charge in [0.2, 0.25) is 0 Å². The highest BCUT2D eigenvalue weighted by molar-refractivity contribution is 7.72. The van der Waals surface area contributed by atoms with Gasteiger partial charge < -0.3 is 0 Å². The topological polar surface area (TPSA) is 0 Å². The summed E-state index contributed by atoms with van der Waals surface area (Å²) >= 11 is 0. The molecule has 0 spiro atoms. The van der Waals surface area contributed by atoms with Crippen LogP contribution in [0, 0.1) is 49.4 Å². The smallest absolute Gasteiger partial charge is 0.00105 e. The Morgan fingerprint density at radius 2 is 0.818 bits per heavy atom. The van der Waals surface area contributed by atoms with Crippen molar-refractivity contribution in [2.45, 2.75) is 114 Å². The number of hydrogen-bond donors (Lipinski definition) is 0. The minimum absolute atomic E-state index is 0.0401. The summed E-state index contributed by atoms with van der Waals surface area (Å²) in [7, 11) is -0.497. The molecule has 0 aliphatic heterocycles. The highest BCUT2D eigenvalue weighted by Crippen LogP contribution is 2.79. The molecule has 0 heterocycles. The first-order chi connectivity index (χ1) is 21.5. The molecule has 8 aliphatic carbocycles. The van der Waals surface area contributed by atoms with Crippen LogP contribution in [0.25, 0.3) is 0 Å². The number of hydrogen-bond acceptors (Lipinski definition) is 0. The van der Waals surface area contributed by atoms with E-state index < -0.39 is 7.92 Å². The molecule has 3 aromatic carbocycles. The first-order valence-electron chi connectivity index (χ1n) is 18.2. The van der Waals surface area contributed by atoms with Gasteiger partial charge in [-0.15, -0.1) is 0 Å². The predicted molar refractivity (Wildman–Crippen MR) is 191 cm³/mol. The van der Waals surface area contributed by atoms with E-state index in [2.05, 4.69) is 86.6 Å². The van der Waals surface area contributed by atoms with E-state index in [0.29, 0.717) is 10.3 Å². The van der Waals surface area contributed by atoms with Crippen molar-refractivity contribution in [1.29, 1.82) is 0 Å². The molecule has 0 nitrogen and oxygen atoms in total. The second-order valence-corrected chi connectivity index (χ2v) is 22.0. The Hall–Kier alpha value is -1.48. The maximum absolute atomic E-state index is 2.61. The summed E-state index contributed by atoms with van der Waals surface area (Å²) in [6, 6.07) is 28.5. The average Bonchev–Trinajstić information content (AvgIpc) is 2.99. The van der Waals surface area contributed by atoms with E-state index in [0.717, 1.165) is 35.5 Å². The summed E-state index contributed by atoms with van der Waals surface area (Å²) in [5.41, 5.74) is 6.35. The van der Waals surface area contributed by atoms with Gasteiger partial charge in [-0.05, 0) is 184 Å². The second kappa shape index (κ2) is 11.1. The lowest BCUT2D eigenvalue weighted by Crippen LogP contribution is -2.56. The summed E-state index contributed by atoms with van der Waals surface area (Å²) in [5.74, 6) is 6.36. The number of aryl methyl sites for hydroxylation is 2. The van der Waals surface area contributed by atoms with E-state index in [1.807, 2.05) is 0 Å². The van der Waals surface area contributed by atoms with Crippen LogP contribution in [-0.4, -0.2) is 10.3 Å². The van der Waals surface area contributed by atoms with Crippen LogP contribution in [0.1, 0.15) is 99.3 Å². The fourth-order valence-electron chi connectivity index (χ4n) is 12.9. The zero-order valence-electron chi connectivity index (χ0n) is 27.2. The predicted octanol–water partition coefficient (Wildman–Crippen LogP) is 10.9. The van der Waals surface area contributed by atoms with E-state index >= 15 is 0 Å². The quantitative estimate of drug-likeness (QED) is 0.220. The Morgan fingerprint density at radius 3 is 1.20 bits per heavy atom. The van der Waals surface area contributed by atoms with Crippen LogP contribution in [0.3, 0.4) is 0 Å². The summed E-state index contributed by atoms with van der Waals surface area (Å²) in [6.45, 7) is 4.68. The lowest BCUT2D eigenvalue weighted by Gasteiger charge is -2.67. The van der Waals surface area contributed by atoms with Gasteiger partial charge in [-0.25, -0.2) is 0 Å². The van der Waals surface area contributed by atoms with Crippen molar-refractivity contribution in [1.82, 2.24) is 0 Å². The van der Waals surface area contributed by atoms with Crippen LogP contribution in [0.15, 0.2) is 72.8 Å². The first-order valence-corrected chi connectivity index (χ1v) is 21.2. The van der Waals surface area contributed by atoms with Crippen molar-refractivity contribution in [3.05, 3.63) is 95.1 Å².